The zero-order valence-electron chi connectivity index (χ0n) is 17.6. The summed E-state index contributed by atoms with van der Waals surface area (Å²) in [5, 5.41) is 5.85. The van der Waals surface area contributed by atoms with E-state index in [0.29, 0.717) is 16.3 Å². The van der Waals surface area contributed by atoms with Crippen LogP contribution in [0.2, 0.25) is 5.02 Å². The Kier molecular flexibility index (Phi) is 7.11. The molecule has 0 radical (unpaired) electrons. The molecule has 0 unspecified atom stereocenters. The maximum absolute atomic E-state index is 13.0. The van der Waals surface area contributed by atoms with E-state index in [1.165, 1.54) is 0 Å². The van der Waals surface area contributed by atoms with Crippen molar-refractivity contribution in [2.24, 2.45) is 0 Å². The van der Waals surface area contributed by atoms with Gasteiger partial charge in [0.05, 0.1) is 10.6 Å². The molecule has 0 aliphatic heterocycles. The van der Waals surface area contributed by atoms with E-state index in [1.54, 1.807) is 30.3 Å². The second-order valence-corrected chi connectivity index (χ2v) is 7.71. The molecule has 0 spiro atoms. The van der Waals surface area contributed by atoms with Crippen LogP contribution in [0.25, 0.3) is 6.08 Å². The number of anilines is 2. The lowest BCUT2D eigenvalue weighted by molar-refractivity contribution is -0.113. The minimum atomic E-state index is -0.458. The van der Waals surface area contributed by atoms with Gasteiger partial charge in [-0.2, -0.15) is 0 Å². The molecule has 31 heavy (non-hydrogen) atoms. The van der Waals surface area contributed by atoms with Gasteiger partial charge in [0.15, 0.2) is 0 Å². The maximum Gasteiger partial charge on any atom is 0.272 e. The van der Waals surface area contributed by atoms with E-state index in [1.807, 2.05) is 74.4 Å². The monoisotopic (exact) mass is 433 g/mol. The van der Waals surface area contributed by atoms with Gasteiger partial charge in [0, 0.05) is 25.5 Å². The molecule has 0 heterocycles. The zero-order valence-corrected chi connectivity index (χ0v) is 18.4. The van der Waals surface area contributed by atoms with Gasteiger partial charge in [-0.1, -0.05) is 53.6 Å². The topological polar surface area (TPSA) is 61.4 Å². The molecule has 3 aromatic carbocycles. The van der Waals surface area contributed by atoms with Gasteiger partial charge in [-0.25, -0.2) is 0 Å². The molecule has 0 fully saturated rings. The van der Waals surface area contributed by atoms with Crippen LogP contribution in [-0.4, -0.2) is 25.9 Å². The number of benzene rings is 3. The Labute approximate surface area is 187 Å². The fourth-order valence-corrected chi connectivity index (χ4v) is 3.09. The Hall–Kier alpha value is -3.57. The molecule has 0 aromatic heterocycles. The summed E-state index contributed by atoms with van der Waals surface area (Å²) in [4.78, 5) is 27.8. The van der Waals surface area contributed by atoms with Gasteiger partial charge in [0.2, 0.25) is 0 Å². The van der Waals surface area contributed by atoms with Gasteiger partial charge >= 0.3 is 0 Å². The molecular formula is C25H24ClN3O2. The Balaban J connectivity index is 1.90. The molecule has 3 aromatic rings. The highest BCUT2D eigenvalue weighted by molar-refractivity contribution is 6.34. The Morgan fingerprint density at radius 1 is 0.903 bits per heavy atom. The van der Waals surface area contributed by atoms with E-state index >= 15 is 0 Å². The van der Waals surface area contributed by atoms with Crippen molar-refractivity contribution in [2.75, 3.05) is 24.3 Å². The number of halogens is 1. The van der Waals surface area contributed by atoms with Gasteiger partial charge in [0.25, 0.3) is 11.8 Å². The van der Waals surface area contributed by atoms with Crippen LogP contribution in [0.5, 0.6) is 0 Å². The third kappa shape index (κ3) is 5.96. The first-order valence-electron chi connectivity index (χ1n) is 9.76. The molecule has 0 saturated carbocycles. The van der Waals surface area contributed by atoms with Gasteiger partial charge < -0.3 is 15.5 Å². The lowest BCUT2D eigenvalue weighted by Gasteiger charge is -2.14. The smallest absolute Gasteiger partial charge is 0.272 e. The molecule has 0 bridgehead atoms. The van der Waals surface area contributed by atoms with Crippen molar-refractivity contribution in [3.63, 3.8) is 0 Å². The molecule has 3 rings (SSSR count). The van der Waals surface area contributed by atoms with Crippen LogP contribution in [0.3, 0.4) is 0 Å². The molecule has 2 N–H and O–H groups in total. The number of nitrogens with zero attached hydrogens (tertiary/aromatic N) is 1. The SMILES string of the molecule is Cc1ccc(NC(=O)C(=Cc2ccc(N(C)C)cc2)NC(=O)c2ccccc2Cl)cc1. The Bertz CT molecular complexity index is 1100. The maximum atomic E-state index is 13.0. The van der Waals surface area contributed by atoms with Crippen molar-refractivity contribution < 1.29 is 9.59 Å². The average molecular weight is 434 g/mol. The van der Waals surface area contributed by atoms with Crippen LogP contribution in [0.15, 0.2) is 78.5 Å². The normalized spacial score (nSPS) is 11.0. The highest BCUT2D eigenvalue weighted by atomic mass is 35.5. The number of amides is 2. The summed E-state index contributed by atoms with van der Waals surface area (Å²) in [5.74, 6) is -0.887. The summed E-state index contributed by atoms with van der Waals surface area (Å²) in [6.45, 7) is 1.97. The summed E-state index contributed by atoms with van der Waals surface area (Å²) in [6.07, 6.45) is 1.64. The van der Waals surface area contributed by atoms with E-state index < -0.39 is 11.8 Å². The summed E-state index contributed by atoms with van der Waals surface area (Å²) < 4.78 is 0. The number of nitrogens with one attached hydrogen (secondary N) is 2. The highest BCUT2D eigenvalue weighted by Crippen LogP contribution is 2.18. The summed E-state index contributed by atoms with van der Waals surface area (Å²) in [6, 6.07) is 21.8. The van der Waals surface area contributed by atoms with Gasteiger partial charge in [-0.3, -0.25) is 9.59 Å². The van der Waals surface area contributed by atoms with Gasteiger partial charge in [-0.15, -0.1) is 0 Å². The molecule has 0 aliphatic rings. The highest BCUT2D eigenvalue weighted by Gasteiger charge is 2.17. The molecular weight excluding hydrogens is 410 g/mol. The Morgan fingerprint density at radius 3 is 2.16 bits per heavy atom. The van der Waals surface area contributed by atoms with Crippen molar-refractivity contribution in [1.82, 2.24) is 5.32 Å². The number of hydrogen-bond acceptors (Lipinski definition) is 3. The quantitative estimate of drug-likeness (QED) is 0.530. The average Bonchev–Trinajstić information content (AvgIpc) is 2.75. The van der Waals surface area contributed by atoms with E-state index in [9.17, 15) is 9.59 Å². The van der Waals surface area contributed by atoms with Crippen LogP contribution in [0.4, 0.5) is 11.4 Å². The zero-order chi connectivity index (χ0) is 22.4. The van der Waals surface area contributed by atoms with Crippen molar-refractivity contribution in [1.29, 1.82) is 0 Å². The molecule has 0 atom stereocenters. The number of carbonyl (C=O) groups is 2. The number of carbonyl (C=O) groups excluding carboxylic acids is 2. The predicted octanol–water partition coefficient (Wildman–Crippen LogP) is 5.12. The molecule has 158 valence electrons. The van der Waals surface area contributed by atoms with Crippen LogP contribution in [0.1, 0.15) is 21.5 Å². The first-order valence-corrected chi connectivity index (χ1v) is 10.1. The fraction of sp³-hybridized carbons (Fsp3) is 0.120. The minimum Gasteiger partial charge on any atom is -0.378 e. The third-order valence-corrected chi connectivity index (χ3v) is 4.97. The largest absolute Gasteiger partial charge is 0.378 e. The number of aryl methyl sites for hydroxylation is 1. The van der Waals surface area contributed by atoms with Gasteiger partial charge in [-0.05, 0) is 55.0 Å². The molecule has 5 nitrogen and oxygen atoms in total. The van der Waals surface area contributed by atoms with Crippen molar-refractivity contribution in [3.8, 4) is 0 Å². The van der Waals surface area contributed by atoms with Crippen LogP contribution < -0.4 is 15.5 Å². The predicted molar refractivity (Wildman–Crippen MR) is 127 cm³/mol. The minimum absolute atomic E-state index is 0.114. The van der Waals surface area contributed by atoms with Gasteiger partial charge in [0.1, 0.15) is 5.70 Å². The molecule has 2 amide bonds. The van der Waals surface area contributed by atoms with E-state index in [2.05, 4.69) is 10.6 Å². The second-order valence-electron chi connectivity index (χ2n) is 7.30. The van der Waals surface area contributed by atoms with E-state index in [-0.39, 0.29) is 5.70 Å². The standard InChI is InChI=1S/C25H24ClN3O2/c1-17-8-12-19(13-9-17)27-25(31)23(16-18-10-14-20(15-11-18)29(2)3)28-24(30)21-6-4-5-7-22(21)26/h4-16H,1-3H3,(H,27,31)(H,28,30). The van der Waals surface area contributed by atoms with Crippen molar-refractivity contribution in [3.05, 3.63) is 100 Å². The van der Waals surface area contributed by atoms with Crippen molar-refractivity contribution >= 4 is 40.9 Å². The number of hydrogen-bond donors (Lipinski definition) is 2. The van der Waals surface area contributed by atoms with E-state index in [4.69, 9.17) is 11.6 Å². The molecule has 0 saturated heterocycles. The Morgan fingerprint density at radius 2 is 1.55 bits per heavy atom. The van der Waals surface area contributed by atoms with Crippen molar-refractivity contribution in [2.45, 2.75) is 6.92 Å². The molecule has 0 aliphatic carbocycles. The third-order valence-electron chi connectivity index (χ3n) is 4.64. The fourth-order valence-electron chi connectivity index (χ4n) is 2.86. The number of rotatable bonds is 6. The summed E-state index contributed by atoms with van der Waals surface area (Å²) in [5.41, 5.74) is 3.93. The first-order chi connectivity index (χ1) is 14.8. The lowest BCUT2D eigenvalue weighted by atomic mass is 10.1. The summed E-state index contributed by atoms with van der Waals surface area (Å²) >= 11 is 6.15. The first kappa shape index (κ1) is 22.1. The van der Waals surface area contributed by atoms with Crippen LogP contribution >= 0.6 is 11.6 Å². The van der Waals surface area contributed by atoms with Crippen LogP contribution in [-0.2, 0) is 4.79 Å². The summed E-state index contributed by atoms with van der Waals surface area (Å²) in [7, 11) is 3.91. The van der Waals surface area contributed by atoms with E-state index in [0.717, 1.165) is 16.8 Å². The van der Waals surface area contributed by atoms with Crippen LogP contribution in [0, 0.1) is 6.92 Å². The lowest BCUT2D eigenvalue weighted by Crippen LogP contribution is -2.31. The molecule has 6 heteroatoms. The second kappa shape index (κ2) is 9.96.